The number of carbonyl (C=O) groups excluding carboxylic acids is 4. The van der Waals surface area contributed by atoms with Crippen molar-refractivity contribution in [3.05, 3.63) is 110 Å². The molecule has 0 aliphatic carbocycles. The van der Waals surface area contributed by atoms with Crippen LogP contribution in [0.3, 0.4) is 0 Å². The van der Waals surface area contributed by atoms with Gasteiger partial charge in [0.2, 0.25) is 23.9 Å². The number of aliphatic carboxylic acids is 1. The third kappa shape index (κ3) is 10.6. The van der Waals surface area contributed by atoms with Gasteiger partial charge < -0.3 is 51.2 Å². The zero-order chi connectivity index (χ0) is 46.6. The number of nitrogens with zero attached hydrogens (tertiary/aromatic N) is 2. The molecule has 6 rings (SSSR count). The summed E-state index contributed by atoms with van der Waals surface area (Å²) >= 11 is 0. The summed E-state index contributed by atoms with van der Waals surface area (Å²) < 4.78 is 6.75. The summed E-state index contributed by atoms with van der Waals surface area (Å²) in [7, 11) is 1.48. The van der Waals surface area contributed by atoms with E-state index in [0.717, 1.165) is 45.1 Å². The smallest absolute Gasteiger partial charge is 0.331 e. The Morgan fingerprint density at radius 1 is 0.984 bits per heavy atom. The molecule has 0 radical (unpaired) electrons. The van der Waals surface area contributed by atoms with Crippen molar-refractivity contribution in [1.29, 1.82) is 0 Å². The Bertz CT molecular complexity index is 2560. The fourth-order valence-electron chi connectivity index (χ4n) is 8.20. The van der Waals surface area contributed by atoms with Gasteiger partial charge in [-0.1, -0.05) is 38.1 Å². The maximum Gasteiger partial charge on any atom is 0.331 e. The van der Waals surface area contributed by atoms with Crippen molar-refractivity contribution in [3.8, 4) is 5.75 Å². The number of urea groups is 1. The van der Waals surface area contributed by atoms with E-state index in [1.54, 1.807) is 31.3 Å². The van der Waals surface area contributed by atoms with Crippen LogP contribution < -0.4 is 37.8 Å². The molecule has 1 fully saturated rings. The van der Waals surface area contributed by atoms with E-state index >= 15 is 0 Å². The second kappa shape index (κ2) is 19.2. The average molecular weight is 886 g/mol. The highest BCUT2D eigenvalue weighted by atomic mass is 16.5. The molecule has 20 heteroatoms. The summed E-state index contributed by atoms with van der Waals surface area (Å²) in [5.74, 6) is -3.43. The number of rotatable bonds is 15. The lowest BCUT2D eigenvalue weighted by Crippen LogP contribution is -2.63. The minimum Gasteiger partial charge on any atom is -0.508 e. The van der Waals surface area contributed by atoms with Crippen LogP contribution in [-0.2, 0) is 42.3 Å². The third-order valence-corrected chi connectivity index (χ3v) is 11.6. The second-order valence-electron chi connectivity index (χ2n) is 17.2. The van der Waals surface area contributed by atoms with E-state index < -0.39 is 89.1 Å². The highest BCUT2D eigenvalue weighted by Gasteiger charge is 2.41. The molecule has 4 aromatic rings. The van der Waals surface area contributed by atoms with Gasteiger partial charge in [0.25, 0.3) is 5.56 Å². The number of hydrogen-bond acceptors (Lipinski definition) is 11. The third-order valence-electron chi connectivity index (χ3n) is 11.6. The van der Waals surface area contributed by atoms with Crippen molar-refractivity contribution in [1.82, 2.24) is 46.0 Å². The SMILES string of the molecule is CC(C)CC(NC(=O)NC(Cc1c[nH]c2ccccc12)C(=O)O)C(=O)NC(C(=O)N/C=C1\C[C@H](O)[C@@H](n2ccc(=O)[nH]c2=O)O1)C(C)N(C)C(=O)C1Cc2cc(O)ccc2C(C)(C)N1. The number of likely N-dealkylation sites (N-methyl/N-ethyl adjacent to an activating group) is 1. The number of amides is 5. The van der Waals surface area contributed by atoms with Crippen LogP contribution in [0.2, 0.25) is 0 Å². The van der Waals surface area contributed by atoms with E-state index in [1.807, 2.05) is 52.0 Å². The van der Waals surface area contributed by atoms with Crippen molar-refractivity contribution >= 4 is 40.6 Å². The predicted molar refractivity (Wildman–Crippen MR) is 233 cm³/mol. The summed E-state index contributed by atoms with van der Waals surface area (Å²) in [5.41, 5.74) is 0.948. The van der Waals surface area contributed by atoms with E-state index in [-0.39, 0.29) is 43.1 Å². The Balaban J connectivity index is 1.22. The van der Waals surface area contributed by atoms with Crippen LogP contribution in [0.5, 0.6) is 5.75 Å². The maximum absolute atomic E-state index is 14.3. The van der Waals surface area contributed by atoms with Gasteiger partial charge >= 0.3 is 17.7 Å². The molecule has 2 aromatic heterocycles. The van der Waals surface area contributed by atoms with Crippen molar-refractivity contribution in [2.75, 3.05) is 7.05 Å². The lowest BCUT2D eigenvalue weighted by Gasteiger charge is -2.41. The first-order valence-electron chi connectivity index (χ1n) is 20.9. The van der Waals surface area contributed by atoms with Gasteiger partial charge in [-0.05, 0) is 74.4 Å². The van der Waals surface area contributed by atoms with Crippen LogP contribution in [0.15, 0.2) is 82.5 Å². The maximum atomic E-state index is 14.3. The molecule has 5 unspecified atom stereocenters. The standard InChI is InChI=1S/C44H55N9O11/c1-22(2)15-31(47-42(62)48-33(41(60)61)18-25-20-45-30-10-8-7-9-28(25)30)37(57)50-36(38(58)46-21-27-19-34(55)40(64-27)53-14-13-35(56)49-43(53)63)23(3)52(6)39(59)32-17-24-16-26(54)11-12-29(24)44(4,5)51-32/h7-14,16,20-23,31-34,36,40,45,51,54-55H,15,17-19H2,1-6H3,(H,46,58)(H,50,57)(H,60,61)(H2,47,48,62)(H,49,56,63)/b27-21+/t23?,31?,32?,33?,34-,36?,40-/m0/s1. The number of carbonyl (C=O) groups is 5. The van der Waals surface area contributed by atoms with Crippen LogP contribution in [0.4, 0.5) is 4.79 Å². The minimum absolute atomic E-state index is 0.0415. The number of H-pyrrole nitrogens is 2. The fraction of sp³-hybridized carbons (Fsp3) is 0.432. The number of hydrogen-bond donors (Lipinski definition) is 10. The van der Waals surface area contributed by atoms with Crippen molar-refractivity contribution in [3.63, 3.8) is 0 Å². The zero-order valence-electron chi connectivity index (χ0n) is 36.3. The molecule has 0 saturated carbocycles. The molecule has 7 atom stereocenters. The highest BCUT2D eigenvalue weighted by molar-refractivity contribution is 5.94. The Hall–Kier alpha value is -6.93. The van der Waals surface area contributed by atoms with Gasteiger partial charge in [0, 0.05) is 61.0 Å². The summed E-state index contributed by atoms with van der Waals surface area (Å²) in [6.45, 7) is 8.97. The summed E-state index contributed by atoms with van der Waals surface area (Å²) in [6.07, 6.45) is 1.58. The Morgan fingerprint density at radius 3 is 2.41 bits per heavy atom. The second-order valence-corrected chi connectivity index (χ2v) is 17.2. The molecular weight excluding hydrogens is 831 g/mol. The van der Waals surface area contributed by atoms with Gasteiger partial charge in [-0.3, -0.25) is 34.0 Å². The van der Waals surface area contributed by atoms with E-state index in [4.69, 9.17) is 4.74 Å². The molecule has 20 nitrogen and oxygen atoms in total. The van der Waals surface area contributed by atoms with Crippen molar-refractivity contribution < 1.29 is 44.0 Å². The van der Waals surface area contributed by atoms with E-state index in [2.05, 4.69) is 36.6 Å². The molecule has 64 heavy (non-hydrogen) atoms. The summed E-state index contributed by atoms with van der Waals surface area (Å²) in [4.78, 5) is 99.0. The normalized spacial score (nSPS) is 20.3. The summed E-state index contributed by atoms with van der Waals surface area (Å²) in [6, 6.07) is 6.43. The first-order valence-corrected chi connectivity index (χ1v) is 20.9. The molecule has 0 bridgehead atoms. The lowest BCUT2D eigenvalue weighted by molar-refractivity contribution is -0.139. The number of nitrogens with one attached hydrogen (secondary N) is 7. The molecule has 2 aliphatic heterocycles. The molecule has 4 heterocycles. The number of aromatic amines is 2. The number of ether oxygens (including phenoxy) is 1. The van der Waals surface area contributed by atoms with Crippen molar-refractivity contribution in [2.45, 2.75) is 108 Å². The van der Waals surface area contributed by atoms with Crippen molar-refractivity contribution in [2.24, 2.45) is 5.92 Å². The number of fused-ring (bicyclic) bond motifs is 2. The number of aromatic nitrogens is 3. The van der Waals surface area contributed by atoms with Gasteiger partial charge in [-0.2, -0.15) is 0 Å². The van der Waals surface area contributed by atoms with Gasteiger partial charge in [0.1, 0.15) is 35.7 Å². The number of phenolic OH excluding ortho intramolecular Hbond substituents is 1. The van der Waals surface area contributed by atoms with Gasteiger partial charge in [-0.25, -0.2) is 14.4 Å². The number of aromatic hydroxyl groups is 1. The highest BCUT2D eigenvalue weighted by Crippen LogP contribution is 2.33. The van der Waals surface area contributed by atoms with Crippen LogP contribution >= 0.6 is 0 Å². The Labute approximate surface area is 367 Å². The van der Waals surface area contributed by atoms with E-state index in [1.165, 1.54) is 11.9 Å². The molecule has 1 saturated heterocycles. The molecular formula is C44H55N9O11. The van der Waals surface area contributed by atoms with Crippen LogP contribution in [0.1, 0.15) is 70.4 Å². The van der Waals surface area contributed by atoms with Crippen LogP contribution in [0, 0.1) is 5.92 Å². The number of phenols is 1. The Morgan fingerprint density at radius 2 is 1.70 bits per heavy atom. The molecule has 5 amide bonds. The predicted octanol–water partition coefficient (Wildman–Crippen LogP) is 1.15. The molecule has 10 N–H and O–H groups in total. The van der Waals surface area contributed by atoms with Crippen LogP contribution in [-0.4, -0.2) is 108 Å². The monoisotopic (exact) mass is 885 g/mol. The number of aliphatic hydroxyl groups excluding tert-OH is 1. The zero-order valence-corrected chi connectivity index (χ0v) is 36.3. The number of carboxylic acid groups (broad SMARTS) is 1. The molecule has 2 aliphatic rings. The first kappa shape index (κ1) is 46.6. The topological polar surface area (TPSA) is 289 Å². The number of benzene rings is 2. The van der Waals surface area contributed by atoms with E-state index in [9.17, 15) is 48.9 Å². The molecule has 0 spiro atoms. The van der Waals surface area contributed by atoms with Crippen LogP contribution in [0.25, 0.3) is 10.9 Å². The largest absolute Gasteiger partial charge is 0.508 e. The fourth-order valence-corrected chi connectivity index (χ4v) is 8.20. The van der Waals surface area contributed by atoms with Gasteiger partial charge in [-0.15, -0.1) is 0 Å². The Kier molecular flexibility index (Phi) is 14.0. The quantitative estimate of drug-likeness (QED) is 0.0805. The van der Waals surface area contributed by atoms with Gasteiger partial charge in [0.15, 0.2) is 0 Å². The average Bonchev–Trinajstić information content (AvgIpc) is 3.81. The van der Waals surface area contributed by atoms with Gasteiger partial charge in [0.05, 0.1) is 12.1 Å². The lowest BCUT2D eigenvalue weighted by atomic mass is 9.82. The molecule has 342 valence electrons. The van der Waals surface area contributed by atoms with E-state index in [0.29, 0.717) is 5.56 Å². The number of carboxylic acids is 1. The number of para-hydroxylation sites is 1. The minimum atomic E-state index is -1.48. The molecule has 2 aromatic carbocycles. The summed E-state index contributed by atoms with van der Waals surface area (Å²) in [5, 5.41) is 45.5. The number of aliphatic hydroxyl groups is 1. The first-order chi connectivity index (χ1) is 30.2.